The average Bonchev–Trinajstić information content (AvgIpc) is 2.36. The molecule has 0 aromatic heterocycles. The zero-order chi connectivity index (χ0) is 12.6. The Morgan fingerprint density at radius 3 is 2.94 bits per heavy atom. The van der Waals surface area contributed by atoms with Gasteiger partial charge < -0.3 is 4.74 Å². The first-order valence-electron chi connectivity index (χ1n) is 6.53. The molecular weight excluding hydrogens is 222 g/mol. The largest absolute Gasteiger partial charge is 0.494 e. The van der Waals surface area contributed by atoms with Crippen LogP contribution in [0.25, 0.3) is 12.2 Å². The van der Waals surface area contributed by atoms with Crippen LogP contribution in [-0.2, 0) is 0 Å². The van der Waals surface area contributed by atoms with E-state index in [9.17, 15) is 0 Å². The summed E-state index contributed by atoms with van der Waals surface area (Å²) in [5, 5.41) is 0. The molecule has 0 saturated heterocycles. The zero-order valence-electron chi connectivity index (χ0n) is 10.8. The van der Waals surface area contributed by atoms with E-state index in [0.717, 1.165) is 18.8 Å². The van der Waals surface area contributed by atoms with Crippen LogP contribution < -0.4 is 4.74 Å². The van der Waals surface area contributed by atoms with Crippen LogP contribution in [0, 0.1) is 0 Å². The van der Waals surface area contributed by atoms with E-state index in [-0.39, 0.29) is 0 Å². The van der Waals surface area contributed by atoms with E-state index in [4.69, 9.17) is 4.74 Å². The molecule has 0 unspecified atom stereocenters. The first kappa shape index (κ1) is 12.6. The van der Waals surface area contributed by atoms with Gasteiger partial charge in [-0.3, -0.25) is 4.99 Å². The molecule has 2 rings (SSSR count). The second-order valence-electron chi connectivity index (χ2n) is 4.32. The fourth-order valence-electron chi connectivity index (χ4n) is 1.85. The Balaban J connectivity index is 2.05. The van der Waals surface area contributed by atoms with Gasteiger partial charge in [-0.2, -0.15) is 0 Å². The second kappa shape index (κ2) is 6.80. The van der Waals surface area contributed by atoms with E-state index in [1.54, 1.807) is 6.21 Å². The molecule has 0 atom stereocenters. The van der Waals surface area contributed by atoms with Gasteiger partial charge in [0.25, 0.3) is 0 Å². The van der Waals surface area contributed by atoms with Crippen molar-refractivity contribution in [3.05, 3.63) is 41.6 Å². The van der Waals surface area contributed by atoms with E-state index < -0.39 is 0 Å². The van der Waals surface area contributed by atoms with Gasteiger partial charge in [-0.15, -0.1) is 0 Å². The predicted molar refractivity (Wildman–Crippen MR) is 78.0 cm³/mol. The van der Waals surface area contributed by atoms with Gasteiger partial charge in [0.2, 0.25) is 0 Å². The highest BCUT2D eigenvalue weighted by atomic mass is 16.5. The monoisotopic (exact) mass is 241 g/mol. The van der Waals surface area contributed by atoms with Crippen molar-refractivity contribution in [3.8, 4) is 5.75 Å². The highest BCUT2D eigenvalue weighted by molar-refractivity contribution is 5.82. The fraction of sp³-hybridized carbons (Fsp3) is 0.312. The van der Waals surface area contributed by atoms with Crippen LogP contribution in [0.5, 0.6) is 5.75 Å². The molecule has 1 aliphatic heterocycles. The molecule has 0 amide bonds. The molecule has 1 aliphatic rings. The van der Waals surface area contributed by atoms with Gasteiger partial charge in [0.05, 0.1) is 6.61 Å². The summed E-state index contributed by atoms with van der Waals surface area (Å²) in [5.41, 5.74) is 2.34. The molecule has 0 N–H and O–H groups in total. The maximum absolute atomic E-state index is 5.75. The van der Waals surface area contributed by atoms with Gasteiger partial charge in [-0.1, -0.05) is 31.9 Å². The van der Waals surface area contributed by atoms with E-state index in [0.29, 0.717) is 0 Å². The van der Waals surface area contributed by atoms with E-state index in [2.05, 4.69) is 30.1 Å². The highest BCUT2D eigenvalue weighted by Crippen LogP contribution is 2.21. The molecule has 94 valence electrons. The molecule has 2 nitrogen and oxygen atoms in total. The predicted octanol–water partition coefficient (Wildman–Crippen LogP) is 4.32. The lowest BCUT2D eigenvalue weighted by Crippen LogP contribution is -1.97. The van der Waals surface area contributed by atoms with Crippen molar-refractivity contribution in [2.24, 2.45) is 4.99 Å². The Morgan fingerprint density at radius 2 is 2.06 bits per heavy atom. The van der Waals surface area contributed by atoms with Crippen LogP contribution in [0.3, 0.4) is 0 Å². The number of benzene rings is 1. The van der Waals surface area contributed by atoms with Gasteiger partial charge in [0, 0.05) is 12.4 Å². The number of nitrogens with zero attached hydrogens (tertiary/aromatic N) is 1. The maximum Gasteiger partial charge on any atom is 0.119 e. The molecule has 0 bridgehead atoms. The molecule has 0 spiro atoms. The van der Waals surface area contributed by atoms with Crippen molar-refractivity contribution in [1.29, 1.82) is 0 Å². The topological polar surface area (TPSA) is 21.6 Å². The van der Waals surface area contributed by atoms with E-state index in [1.807, 2.05) is 24.4 Å². The summed E-state index contributed by atoms with van der Waals surface area (Å²) in [6.45, 7) is 3.00. The Kier molecular flexibility index (Phi) is 4.77. The Morgan fingerprint density at radius 1 is 1.11 bits per heavy atom. The van der Waals surface area contributed by atoms with Crippen LogP contribution in [0.2, 0.25) is 0 Å². The Labute approximate surface area is 109 Å². The number of rotatable bonds is 5. The molecule has 0 fully saturated rings. The van der Waals surface area contributed by atoms with Crippen LogP contribution in [0.4, 0.5) is 0 Å². The van der Waals surface area contributed by atoms with Crippen LogP contribution in [0.1, 0.15) is 37.3 Å². The smallest absolute Gasteiger partial charge is 0.119 e. The lowest BCUT2D eigenvalue weighted by atomic mass is 10.1. The van der Waals surface area contributed by atoms with Crippen molar-refractivity contribution in [2.45, 2.75) is 26.2 Å². The van der Waals surface area contributed by atoms with Gasteiger partial charge in [0.15, 0.2) is 0 Å². The third-order valence-electron chi connectivity index (χ3n) is 2.86. The third kappa shape index (κ3) is 3.59. The van der Waals surface area contributed by atoms with Crippen molar-refractivity contribution in [3.63, 3.8) is 0 Å². The summed E-state index contributed by atoms with van der Waals surface area (Å²) >= 11 is 0. The van der Waals surface area contributed by atoms with Crippen molar-refractivity contribution < 1.29 is 4.74 Å². The summed E-state index contributed by atoms with van der Waals surface area (Å²) in [6.07, 6.45) is 13.2. The lowest BCUT2D eigenvalue weighted by molar-refractivity contribution is 0.306. The molecule has 0 radical (unpaired) electrons. The Bertz CT molecular complexity index is 472. The number of unbranched alkanes of at least 4 members (excludes halogenated alkanes) is 2. The molecule has 1 aromatic carbocycles. The van der Waals surface area contributed by atoms with Gasteiger partial charge in [0.1, 0.15) is 5.75 Å². The minimum absolute atomic E-state index is 0.799. The molecular formula is C16H19NO. The van der Waals surface area contributed by atoms with Crippen LogP contribution >= 0.6 is 0 Å². The summed E-state index contributed by atoms with van der Waals surface area (Å²) in [7, 11) is 0. The normalized spacial score (nSPS) is 12.9. The first-order chi connectivity index (χ1) is 8.90. The number of fused-ring (bicyclic) bond motifs is 1. The van der Waals surface area contributed by atoms with Gasteiger partial charge in [-0.05, 0) is 41.8 Å². The lowest BCUT2D eigenvalue weighted by Gasteiger charge is -2.09. The minimum Gasteiger partial charge on any atom is -0.494 e. The fourth-order valence-corrected chi connectivity index (χ4v) is 1.85. The molecule has 18 heavy (non-hydrogen) atoms. The third-order valence-corrected chi connectivity index (χ3v) is 2.86. The van der Waals surface area contributed by atoms with Gasteiger partial charge >= 0.3 is 0 Å². The van der Waals surface area contributed by atoms with E-state index >= 15 is 0 Å². The number of aliphatic imine (C=N–C) groups is 1. The maximum atomic E-state index is 5.75. The summed E-state index contributed by atoms with van der Waals surface area (Å²) in [5.74, 6) is 0.945. The second-order valence-corrected chi connectivity index (χ2v) is 4.32. The number of ether oxygens (including phenoxy) is 1. The van der Waals surface area contributed by atoms with Crippen molar-refractivity contribution in [2.75, 3.05) is 6.61 Å². The van der Waals surface area contributed by atoms with Crippen molar-refractivity contribution >= 4 is 18.4 Å². The molecule has 1 heterocycles. The SMILES string of the molecule is CCCCCOc1ccc2c(c1)C=CC=NC=C2. The number of allylic oxidation sites excluding steroid dienone is 1. The summed E-state index contributed by atoms with van der Waals surface area (Å²) in [4.78, 5) is 4.10. The molecule has 0 aliphatic carbocycles. The first-order valence-corrected chi connectivity index (χ1v) is 6.53. The Hall–Kier alpha value is -1.83. The molecule has 1 aromatic rings. The van der Waals surface area contributed by atoms with Crippen LogP contribution in [0.15, 0.2) is 35.5 Å². The van der Waals surface area contributed by atoms with E-state index in [1.165, 1.54) is 24.0 Å². The number of hydrogen-bond acceptors (Lipinski definition) is 2. The van der Waals surface area contributed by atoms with Crippen molar-refractivity contribution in [1.82, 2.24) is 0 Å². The molecule has 0 saturated carbocycles. The standard InChI is InChI=1S/C16H19NO/c1-2-3-4-12-18-16-8-7-14-9-11-17-10-5-6-15(14)13-16/h5-11,13H,2-4,12H2,1H3. The zero-order valence-corrected chi connectivity index (χ0v) is 10.8. The van der Waals surface area contributed by atoms with Gasteiger partial charge in [-0.25, -0.2) is 0 Å². The highest BCUT2D eigenvalue weighted by Gasteiger charge is 2.01. The summed E-state index contributed by atoms with van der Waals surface area (Å²) < 4.78 is 5.75. The average molecular weight is 241 g/mol. The van der Waals surface area contributed by atoms with Crippen LogP contribution in [-0.4, -0.2) is 12.8 Å². The summed E-state index contributed by atoms with van der Waals surface area (Å²) in [6, 6.07) is 6.18. The number of hydrogen-bond donors (Lipinski definition) is 0. The quantitative estimate of drug-likeness (QED) is 0.703. The minimum atomic E-state index is 0.799. The molecule has 2 heteroatoms.